The van der Waals surface area contributed by atoms with Crippen LogP contribution < -0.4 is 0 Å². The van der Waals surface area contributed by atoms with E-state index in [1.54, 1.807) is 42.4 Å². The van der Waals surface area contributed by atoms with Crippen LogP contribution in [0.15, 0.2) is 30.5 Å². The normalized spacial score (nSPS) is 10.4. The van der Waals surface area contributed by atoms with Crippen LogP contribution in [0.4, 0.5) is 0 Å². The van der Waals surface area contributed by atoms with Gasteiger partial charge in [0.15, 0.2) is 0 Å². The van der Waals surface area contributed by atoms with Gasteiger partial charge < -0.3 is 10.0 Å². The van der Waals surface area contributed by atoms with E-state index in [-0.39, 0.29) is 11.5 Å². The fourth-order valence-corrected chi connectivity index (χ4v) is 2.76. The molecule has 0 aliphatic carbocycles. The standard InChI is InChI=1S/C15H16N2O3S/c1-10-16-9-13(21-10)14(18)17(2)8-7-11-5-3-4-6-12(11)15(19)20/h3-6,9H,7-8H2,1-2H3,(H,19,20). The summed E-state index contributed by atoms with van der Waals surface area (Å²) in [5.41, 5.74) is 1.01. The van der Waals surface area contributed by atoms with E-state index >= 15 is 0 Å². The molecule has 1 N–H and O–H groups in total. The van der Waals surface area contributed by atoms with Crippen molar-refractivity contribution in [3.8, 4) is 0 Å². The van der Waals surface area contributed by atoms with Crippen LogP contribution in [-0.4, -0.2) is 40.5 Å². The lowest BCUT2D eigenvalue weighted by Gasteiger charge is -2.16. The zero-order valence-electron chi connectivity index (χ0n) is 11.9. The highest BCUT2D eigenvalue weighted by atomic mass is 32.1. The van der Waals surface area contributed by atoms with Gasteiger partial charge in [0.25, 0.3) is 5.91 Å². The minimum Gasteiger partial charge on any atom is -0.478 e. The van der Waals surface area contributed by atoms with Gasteiger partial charge in [0.2, 0.25) is 0 Å². The number of aryl methyl sites for hydroxylation is 1. The molecule has 21 heavy (non-hydrogen) atoms. The van der Waals surface area contributed by atoms with E-state index in [1.165, 1.54) is 11.3 Å². The Morgan fingerprint density at radius 1 is 1.33 bits per heavy atom. The topological polar surface area (TPSA) is 70.5 Å². The summed E-state index contributed by atoms with van der Waals surface area (Å²) in [7, 11) is 1.71. The molecule has 0 saturated heterocycles. The third-order valence-electron chi connectivity index (χ3n) is 3.14. The number of amides is 1. The number of carboxylic acid groups (broad SMARTS) is 1. The van der Waals surface area contributed by atoms with Crippen LogP contribution in [0.5, 0.6) is 0 Å². The highest BCUT2D eigenvalue weighted by molar-refractivity contribution is 7.13. The number of hydrogen-bond acceptors (Lipinski definition) is 4. The van der Waals surface area contributed by atoms with Gasteiger partial charge in [-0.25, -0.2) is 9.78 Å². The summed E-state index contributed by atoms with van der Waals surface area (Å²) >= 11 is 1.36. The Bertz CT molecular complexity index is 666. The van der Waals surface area contributed by atoms with E-state index in [9.17, 15) is 9.59 Å². The predicted molar refractivity (Wildman–Crippen MR) is 80.9 cm³/mol. The first kappa shape index (κ1) is 15.2. The number of benzene rings is 1. The van der Waals surface area contributed by atoms with Crippen molar-refractivity contribution in [2.45, 2.75) is 13.3 Å². The summed E-state index contributed by atoms with van der Waals surface area (Å²) < 4.78 is 0. The molecule has 0 unspecified atom stereocenters. The maximum Gasteiger partial charge on any atom is 0.335 e. The molecule has 1 aromatic heterocycles. The number of thiazole rings is 1. The number of rotatable bonds is 5. The van der Waals surface area contributed by atoms with Crippen LogP contribution in [0.1, 0.15) is 30.6 Å². The smallest absolute Gasteiger partial charge is 0.335 e. The third-order valence-corrected chi connectivity index (χ3v) is 4.04. The summed E-state index contributed by atoms with van der Waals surface area (Å²) in [5, 5.41) is 9.98. The Morgan fingerprint density at radius 3 is 2.67 bits per heavy atom. The molecule has 0 atom stereocenters. The molecule has 0 bridgehead atoms. The highest BCUT2D eigenvalue weighted by Crippen LogP contribution is 2.15. The second-order valence-electron chi connectivity index (χ2n) is 4.68. The van der Waals surface area contributed by atoms with Crippen molar-refractivity contribution in [2.75, 3.05) is 13.6 Å². The van der Waals surface area contributed by atoms with Crippen molar-refractivity contribution >= 4 is 23.2 Å². The lowest BCUT2D eigenvalue weighted by Crippen LogP contribution is -2.28. The molecule has 1 aromatic carbocycles. The molecule has 110 valence electrons. The SMILES string of the molecule is Cc1ncc(C(=O)N(C)CCc2ccccc2C(=O)O)s1. The number of hydrogen-bond donors (Lipinski definition) is 1. The van der Waals surface area contributed by atoms with Crippen molar-refractivity contribution in [1.29, 1.82) is 0 Å². The summed E-state index contributed by atoms with van der Waals surface area (Å²) in [6.45, 7) is 2.31. The second kappa shape index (κ2) is 6.49. The average Bonchev–Trinajstić information content (AvgIpc) is 2.90. The average molecular weight is 304 g/mol. The van der Waals surface area contributed by atoms with E-state index in [0.29, 0.717) is 17.8 Å². The quantitative estimate of drug-likeness (QED) is 0.921. The van der Waals surface area contributed by atoms with Gasteiger partial charge in [-0.15, -0.1) is 11.3 Å². The summed E-state index contributed by atoms with van der Waals surface area (Å²) in [6, 6.07) is 6.85. The second-order valence-corrected chi connectivity index (χ2v) is 5.92. The number of aromatic nitrogens is 1. The number of carbonyl (C=O) groups excluding carboxylic acids is 1. The van der Waals surface area contributed by atoms with Gasteiger partial charge in [0.1, 0.15) is 4.88 Å². The van der Waals surface area contributed by atoms with Crippen molar-refractivity contribution < 1.29 is 14.7 Å². The van der Waals surface area contributed by atoms with E-state index in [4.69, 9.17) is 5.11 Å². The highest BCUT2D eigenvalue weighted by Gasteiger charge is 2.15. The Morgan fingerprint density at radius 2 is 2.05 bits per heavy atom. The Balaban J connectivity index is 2.03. The molecular formula is C15H16N2O3S. The third kappa shape index (κ3) is 3.66. The molecule has 0 spiro atoms. The summed E-state index contributed by atoms with van der Waals surface area (Å²) in [5.74, 6) is -1.04. The van der Waals surface area contributed by atoms with Gasteiger partial charge in [-0.3, -0.25) is 4.79 Å². The molecule has 0 saturated carbocycles. The van der Waals surface area contributed by atoms with Crippen LogP contribution in [0, 0.1) is 6.92 Å². The van der Waals surface area contributed by atoms with Crippen molar-refractivity contribution in [2.24, 2.45) is 0 Å². The lowest BCUT2D eigenvalue weighted by molar-refractivity contribution is 0.0695. The summed E-state index contributed by atoms with van der Waals surface area (Å²) in [6.07, 6.45) is 2.08. The molecule has 6 heteroatoms. The van der Waals surface area contributed by atoms with E-state index in [0.717, 1.165) is 10.6 Å². The number of likely N-dealkylation sites (N-methyl/N-ethyl adjacent to an activating group) is 1. The van der Waals surface area contributed by atoms with Crippen LogP contribution >= 0.6 is 11.3 Å². The van der Waals surface area contributed by atoms with Gasteiger partial charge in [-0.1, -0.05) is 18.2 Å². The monoisotopic (exact) mass is 304 g/mol. The van der Waals surface area contributed by atoms with Gasteiger partial charge in [-0.2, -0.15) is 0 Å². The molecule has 0 fully saturated rings. The van der Waals surface area contributed by atoms with Gasteiger partial charge >= 0.3 is 5.97 Å². The molecule has 2 aromatic rings. The molecule has 2 rings (SSSR count). The largest absolute Gasteiger partial charge is 0.478 e. The molecule has 0 aliphatic rings. The van der Waals surface area contributed by atoms with Crippen LogP contribution in [0.25, 0.3) is 0 Å². The number of carbonyl (C=O) groups is 2. The Labute approximate surface area is 126 Å². The Kier molecular flexibility index (Phi) is 4.70. The van der Waals surface area contributed by atoms with Crippen molar-refractivity contribution in [3.63, 3.8) is 0 Å². The molecule has 1 amide bonds. The minimum atomic E-state index is -0.947. The van der Waals surface area contributed by atoms with Gasteiger partial charge in [0, 0.05) is 13.6 Å². The fourth-order valence-electron chi connectivity index (χ4n) is 1.99. The maximum absolute atomic E-state index is 12.2. The van der Waals surface area contributed by atoms with Gasteiger partial charge in [0.05, 0.1) is 16.8 Å². The number of aromatic carboxylic acids is 1. The molecular weight excluding hydrogens is 288 g/mol. The first-order chi connectivity index (χ1) is 9.99. The van der Waals surface area contributed by atoms with Crippen molar-refractivity contribution in [1.82, 2.24) is 9.88 Å². The van der Waals surface area contributed by atoms with Gasteiger partial charge in [-0.05, 0) is 25.0 Å². The predicted octanol–water partition coefficient (Wildman–Crippen LogP) is 2.46. The van der Waals surface area contributed by atoms with E-state index in [2.05, 4.69) is 4.98 Å². The van der Waals surface area contributed by atoms with Crippen LogP contribution in [-0.2, 0) is 6.42 Å². The first-order valence-electron chi connectivity index (χ1n) is 6.48. The fraction of sp³-hybridized carbons (Fsp3) is 0.267. The molecule has 1 heterocycles. The molecule has 0 radical (unpaired) electrons. The molecule has 0 aliphatic heterocycles. The number of nitrogens with zero attached hydrogens (tertiary/aromatic N) is 2. The number of carboxylic acids is 1. The zero-order valence-corrected chi connectivity index (χ0v) is 12.7. The van der Waals surface area contributed by atoms with E-state index < -0.39 is 5.97 Å². The van der Waals surface area contributed by atoms with Crippen molar-refractivity contribution in [3.05, 3.63) is 51.5 Å². The Hall–Kier alpha value is -2.21. The van der Waals surface area contributed by atoms with Crippen LogP contribution in [0.2, 0.25) is 0 Å². The van der Waals surface area contributed by atoms with Crippen LogP contribution in [0.3, 0.4) is 0 Å². The lowest BCUT2D eigenvalue weighted by atomic mass is 10.0. The maximum atomic E-state index is 12.2. The minimum absolute atomic E-state index is 0.0894. The molecule has 5 nitrogen and oxygen atoms in total. The first-order valence-corrected chi connectivity index (χ1v) is 7.30. The van der Waals surface area contributed by atoms with E-state index in [1.807, 2.05) is 6.92 Å². The zero-order chi connectivity index (χ0) is 15.4. The summed E-state index contributed by atoms with van der Waals surface area (Å²) in [4.78, 5) is 29.6.